The van der Waals surface area contributed by atoms with Crippen LogP contribution < -0.4 is 0 Å². The second-order valence-electron chi connectivity index (χ2n) is 12.8. The Bertz CT molecular complexity index is 1580. The van der Waals surface area contributed by atoms with Crippen LogP contribution in [0.2, 0.25) is 0 Å². The van der Waals surface area contributed by atoms with E-state index in [0.29, 0.717) is 22.3 Å². The van der Waals surface area contributed by atoms with Crippen LogP contribution in [0.5, 0.6) is 17.2 Å². The number of ether oxygens (including phenoxy) is 4. The van der Waals surface area contributed by atoms with Crippen LogP contribution in [0.1, 0.15) is 82.0 Å². The Morgan fingerprint density at radius 3 is 1.15 bits per heavy atom. The zero-order valence-electron chi connectivity index (χ0n) is 28.6. The number of aromatic hydroxyl groups is 3. The molecule has 3 N–H and O–H groups in total. The molecule has 0 radical (unpaired) electrons. The molecule has 0 amide bonds. The minimum Gasteiger partial charge on any atom is -0.507 e. The molecule has 7 heteroatoms. The van der Waals surface area contributed by atoms with Crippen molar-refractivity contribution in [2.75, 3.05) is 28.4 Å². The summed E-state index contributed by atoms with van der Waals surface area (Å²) in [5.74, 6) is 0.645. The number of hydrogen-bond acceptors (Lipinski definition) is 7. The van der Waals surface area contributed by atoms with Gasteiger partial charge >= 0.3 is 0 Å². The van der Waals surface area contributed by atoms with Gasteiger partial charge in [0.25, 0.3) is 0 Å². The van der Waals surface area contributed by atoms with Crippen molar-refractivity contribution < 1.29 is 34.3 Å². The smallest absolute Gasteiger partial charge is 0.126 e. The highest BCUT2D eigenvalue weighted by atomic mass is 16.5. The molecule has 0 aliphatic carbocycles. The number of rotatable bonds is 13. The van der Waals surface area contributed by atoms with E-state index in [1.54, 1.807) is 28.4 Å². The Labute approximate surface area is 273 Å². The first kappa shape index (κ1) is 35.0. The monoisotopic (exact) mass is 628 g/mol. The summed E-state index contributed by atoms with van der Waals surface area (Å²) < 4.78 is 21.6. The first-order valence-corrected chi connectivity index (χ1v) is 15.4. The number of phenols is 3. The Hall–Kier alpha value is -3.88. The maximum Gasteiger partial charge on any atom is 0.126 e. The fraction of sp³-hybridized carbons (Fsp3) is 0.385. The predicted octanol–water partition coefficient (Wildman–Crippen LogP) is 7.69. The van der Waals surface area contributed by atoms with Gasteiger partial charge in [-0.3, -0.25) is 0 Å². The van der Waals surface area contributed by atoms with Crippen molar-refractivity contribution in [1.29, 1.82) is 0 Å². The summed E-state index contributed by atoms with van der Waals surface area (Å²) >= 11 is 0. The Morgan fingerprint density at radius 2 is 0.783 bits per heavy atom. The molecule has 246 valence electrons. The lowest BCUT2D eigenvalue weighted by atomic mass is 9.68. The van der Waals surface area contributed by atoms with E-state index < -0.39 is 10.8 Å². The average molecular weight is 629 g/mol. The Balaban J connectivity index is 1.92. The van der Waals surface area contributed by atoms with E-state index in [1.165, 1.54) is 0 Å². The molecular formula is C39H48O7. The summed E-state index contributed by atoms with van der Waals surface area (Å²) in [5.41, 5.74) is 8.44. The molecule has 0 atom stereocenters. The second-order valence-corrected chi connectivity index (χ2v) is 12.8. The summed E-state index contributed by atoms with van der Waals surface area (Å²) in [6.45, 7) is 11.4. The van der Waals surface area contributed by atoms with Crippen LogP contribution in [0.3, 0.4) is 0 Å². The van der Waals surface area contributed by atoms with Crippen molar-refractivity contribution in [3.8, 4) is 17.2 Å². The fourth-order valence-electron chi connectivity index (χ4n) is 6.35. The lowest BCUT2D eigenvalue weighted by molar-refractivity contribution is 0.174. The van der Waals surface area contributed by atoms with Gasteiger partial charge in [-0.1, -0.05) is 50.2 Å². The number of benzene rings is 4. The van der Waals surface area contributed by atoms with Crippen LogP contribution >= 0.6 is 0 Å². The zero-order valence-corrected chi connectivity index (χ0v) is 28.6. The van der Waals surface area contributed by atoms with Crippen molar-refractivity contribution in [1.82, 2.24) is 0 Å². The third-order valence-corrected chi connectivity index (χ3v) is 9.29. The topological polar surface area (TPSA) is 97.6 Å². The quantitative estimate of drug-likeness (QED) is 0.131. The molecule has 0 aliphatic heterocycles. The molecule has 0 saturated carbocycles. The molecular weight excluding hydrogens is 580 g/mol. The van der Waals surface area contributed by atoms with Gasteiger partial charge in [0.15, 0.2) is 0 Å². The highest BCUT2D eigenvalue weighted by molar-refractivity contribution is 5.58. The van der Waals surface area contributed by atoms with E-state index >= 15 is 0 Å². The summed E-state index contributed by atoms with van der Waals surface area (Å²) in [7, 11) is 6.47. The van der Waals surface area contributed by atoms with Gasteiger partial charge in [-0.15, -0.1) is 0 Å². The highest BCUT2D eigenvalue weighted by Gasteiger charge is 2.34. The van der Waals surface area contributed by atoms with E-state index in [1.807, 2.05) is 50.2 Å². The van der Waals surface area contributed by atoms with Crippen LogP contribution in [0.15, 0.2) is 60.7 Å². The maximum absolute atomic E-state index is 10.9. The molecule has 7 nitrogen and oxygen atoms in total. The van der Waals surface area contributed by atoms with Gasteiger partial charge in [0.1, 0.15) is 17.2 Å². The molecule has 0 spiro atoms. The molecule has 0 bridgehead atoms. The molecule has 4 aromatic rings. The van der Waals surface area contributed by atoms with Crippen LogP contribution in [0.4, 0.5) is 0 Å². The van der Waals surface area contributed by atoms with E-state index in [9.17, 15) is 15.3 Å². The number of hydrogen-bond donors (Lipinski definition) is 3. The Morgan fingerprint density at radius 1 is 0.457 bits per heavy atom. The van der Waals surface area contributed by atoms with Gasteiger partial charge in [-0.2, -0.15) is 0 Å². The maximum atomic E-state index is 10.9. The van der Waals surface area contributed by atoms with Gasteiger partial charge in [0.05, 0.1) is 26.4 Å². The summed E-state index contributed by atoms with van der Waals surface area (Å²) in [5, 5.41) is 32.5. The number of aryl methyl sites for hydroxylation is 2. The predicted molar refractivity (Wildman–Crippen MR) is 181 cm³/mol. The number of phenolic OH excluding ortho intramolecular Hbond substituents is 3. The third-order valence-electron chi connectivity index (χ3n) is 9.29. The molecule has 0 fully saturated rings. The molecule has 0 aromatic heterocycles. The van der Waals surface area contributed by atoms with Crippen molar-refractivity contribution in [3.05, 3.63) is 122 Å². The highest BCUT2D eigenvalue weighted by Crippen LogP contribution is 2.44. The lowest BCUT2D eigenvalue weighted by Crippen LogP contribution is -2.27. The SMILES string of the molecule is COCc1cc(C(C)(c2ccc(C(C)(C)c3cc(COC)c(O)c(COC)c3)cc2)c2cc(C)c(O)c(COC)c2)cc(C)c1O. The first-order valence-electron chi connectivity index (χ1n) is 15.4. The van der Waals surface area contributed by atoms with Crippen LogP contribution in [-0.4, -0.2) is 43.8 Å². The van der Waals surface area contributed by atoms with E-state index in [4.69, 9.17) is 18.9 Å². The van der Waals surface area contributed by atoms with Gasteiger partial charge in [0.2, 0.25) is 0 Å². The molecule has 0 saturated heterocycles. The van der Waals surface area contributed by atoms with E-state index in [0.717, 1.165) is 38.9 Å². The fourth-order valence-corrected chi connectivity index (χ4v) is 6.35. The van der Waals surface area contributed by atoms with Crippen molar-refractivity contribution in [2.45, 2.75) is 71.9 Å². The molecule has 0 unspecified atom stereocenters. The van der Waals surface area contributed by atoms with E-state index in [-0.39, 0.29) is 43.7 Å². The second kappa shape index (κ2) is 14.3. The first-order chi connectivity index (χ1) is 21.8. The van der Waals surface area contributed by atoms with Crippen LogP contribution in [-0.2, 0) is 56.2 Å². The van der Waals surface area contributed by atoms with Crippen LogP contribution in [0, 0.1) is 13.8 Å². The summed E-state index contributed by atoms with van der Waals surface area (Å²) in [4.78, 5) is 0. The van der Waals surface area contributed by atoms with E-state index in [2.05, 4.69) is 45.0 Å². The molecule has 46 heavy (non-hydrogen) atoms. The molecule has 0 aliphatic rings. The number of methoxy groups -OCH3 is 4. The largest absolute Gasteiger partial charge is 0.507 e. The average Bonchev–Trinajstić information content (AvgIpc) is 3.03. The van der Waals surface area contributed by atoms with Crippen molar-refractivity contribution in [3.63, 3.8) is 0 Å². The molecule has 4 rings (SSSR count). The van der Waals surface area contributed by atoms with Crippen LogP contribution in [0.25, 0.3) is 0 Å². The summed E-state index contributed by atoms with van der Waals surface area (Å²) in [6.07, 6.45) is 0. The van der Waals surface area contributed by atoms with Crippen molar-refractivity contribution in [2.24, 2.45) is 0 Å². The summed E-state index contributed by atoms with van der Waals surface area (Å²) in [6, 6.07) is 20.7. The Kier molecular flexibility index (Phi) is 10.8. The standard InChI is InChI=1S/C39H48O7/c1-24-14-33(18-26(20-43-6)35(24)40)39(5,34-15-25(2)36(41)27(19-34)21-44-7)31-12-10-30(11-13-31)38(3,4)32-16-28(22-45-8)37(42)29(17-32)23-46-9/h10-19,40-42H,20-23H2,1-9H3. The normalized spacial score (nSPS) is 12.1. The minimum absolute atomic E-state index is 0.198. The zero-order chi connectivity index (χ0) is 33.8. The van der Waals surface area contributed by atoms with Crippen molar-refractivity contribution >= 4 is 0 Å². The van der Waals surface area contributed by atoms with Gasteiger partial charge < -0.3 is 34.3 Å². The molecule has 4 aromatic carbocycles. The minimum atomic E-state index is -0.666. The third kappa shape index (κ3) is 6.65. The van der Waals surface area contributed by atoms with Gasteiger partial charge in [0, 0.05) is 61.5 Å². The molecule has 0 heterocycles. The van der Waals surface area contributed by atoms with Gasteiger partial charge in [-0.25, -0.2) is 0 Å². The lowest BCUT2D eigenvalue weighted by Gasteiger charge is -2.35. The van der Waals surface area contributed by atoms with Gasteiger partial charge in [-0.05, 0) is 84.0 Å².